The van der Waals surface area contributed by atoms with E-state index in [1.165, 1.54) is 6.07 Å². The van der Waals surface area contributed by atoms with Gasteiger partial charge in [-0.05, 0) is 48.8 Å². The average molecular weight is 618 g/mol. The Morgan fingerprint density at radius 3 is 2.67 bits per heavy atom. The highest BCUT2D eigenvalue weighted by Crippen LogP contribution is 2.47. The molecule has 3 saturated heterocycles. The molecule has 0 spiro atoms. The van der Waals surface area contributed by atoms with Gasteiger partial charge in [0, 0.05) is 73.6 Å². The summed E-state index contributed by atoms with van der Waals surface area (Å²) in [5, 5.41) is 5.31. The first-order chi connectivity index (χ1) is 22.6. The molecule has 0 radical (unpaired) electrons. The highest BCUT2D eigenvalue weighted by molar-refractivity contribution is 6.05. The molecule has 2 bridgehead atoms. The second-order valence-electron chi connectivity index (χ2n) is 13.4. The summed E-state index contributed by atoms with van der Waals surface area (Å²) < 4.78 is 29.2. The lowest BCUT2D eigenvalue weighted by Gasteiger charge is -2.34. The van der Waals surface area contributed by atoms with Crippen molar-refractivity contribution < 1.29 is 13.9 Å². The zero-order valence-corrected chi connectivity index (χ0v) is 25.7. The van der Waals surface area contributed by atoms with Crippen LogP contribution in [0.3, 0.4) is 0 Å². The van der Waals surface area contributed by atoms with Crippen molar-refractivity contribution in [3.63, 3.8) is 0 Å². The average Bonchev–Trinajstić information content (AvgIpc) is 3.50. The van der Waals surface area contributed by atoms with E-state index in [1.807, 2.05) is 30.5 Å². The number of imidazole rings is 1. The number of rotatable bonds is 7. The number of aromatic nitrogens is 4. The molecule has 46 heavy (non-hydrogen) atoms. The molecule has 0 unspecified atom stereocenters. The van der Waals surface area contributed by atoms with Gasteiger partial charge in [0.2, 0.25) is 0 Å². The number of anilines is 1. The molecule has 0 amide bonds. The summed E-state index contributed by atoms with van der Waals surface area (Å²) in [7, 11) is 0. The predicted molar refractivity (Wildman–Crippen MR) is 176 cm³/mol. The van der Waals surface area contributed by atoms with Crippen LogP contribution in [0.5, 0.6) is 6.01 Å². The summed E-state index contributed by atoms with van der Waals surface area (Å²) in [6.45, 7) is 6.84. The number of terminal acetylenes is 1. The Hall–Kier alpha value is -4.30. The molecule has 6 heterocycles. The zero-order chi connectivity index (χ0) is 30.8. The molecule has 1 saturated carbocycles. The zero-order valence-electron chi connectivity index (χ0n) is 25.7. The summed E-state index contributed by atoms with van der Waals surface area (Å²) in [4.78, 5) is 19.8. The summed E-state index contributed by atoms with van der Waals surface area (Å²) in [5.74, 6) is 3.04. The van der Waals surface area contributed by atoms with Gasteiger partial charge >= 0.3 is 6.01 Å². The van der Waals surface area contributed by atoms with Gasteiger partial charge in [0.05, 0.1) is 30.9 Å². The van der Waals surface area contributed by atoms with E-state index in [1.54, 1.807) is 12.3 Å². The molecule has 1 N–H and O–H groups in total. The van der Waals surface area contributed by atoms with Gasteiger partial charge in [-0.3, -0.25) is 9.30 Å². The molecular weight excluding hydrogens is 581 g/mol. The van der Waals surface area contributed by atoms with Gasteiger partial charge in [-0.1, -0.05) is 30.2 Å². The number of ether oxygens (including phenoxy) is 2. The largest absolute Gasteiger partial charge is 0.463 e. The molecule has 2 atom stereocenters. The normalized spacial score (nSPS) is 22.5. The lowest BCUT2D eigenvalue weighted by atomic mass is 9.94. The summed E-state index contributed by atoms with van der Waals surface area (Å²) in [6, 6.07) is 12.4. The molecule has 3 aromatic heterocycles. The first kappa shape index (κ1) is 28.0. The van der Waals surface area contributed by atoms with E-state index in [0.717, 1.165) is 111 Å². The molecule has 10 heteroatoms. The fraction of sp³-hybridized carbons (Fsp3) is 0.417. The third kappa shape index (κ3) is 4.77. The van der Waals surface area contributed by atoms with Crippen LogP contribution in [0.4, 0.5) is 10.2 Å². The smallest absolute Gasteiger partial charge is 0.319 e. The van der Waals surface area contributed by atoms with Crippen molar-refractivity contribution in [2.45, 2.75) is 37.8 Å². The number of fused-ring (bicyclic) bond motifs is 6. The van der Waals surface area contributed by atoms with Crippen LogP contribution in [0.2, 0.25) is 0 Å². The van der Waals surface area contributed by atoms with E-state index in [2.05, 4.69) is 25.4 Å². The maximum absolute atomic E-state index is 15.0. The maximum Gasteiger partial charge on any atom is 0.319 e. The van der Waals surface area contributed by atoms with Gasteiger partial charge in [0.1, 0.15) is 17.0 Å². The third-order valence-corrected chi connectivity index (χ3v) is 10.3. The minimum absolute atomic E-state index is 0.127. The van der Waals surface area contributed by atoms with Crippen LogP contribution in [-0.4, -0.2) is 88.9 Å². The van der Waals surface area contributed by atoms with Gasteiger partial charge < -0.3 is 19.7 Å². The van der Waals surface area contributed by atoms with Crippen molar-refractivity contribution in [2.75, 3.05) is 57.4 Å². The Morgan fingerprint density at radius 1 is 1.07 bits per heavy atom. The molecule has 2 aromatic carbocycles. The quantitative estimate of drug-likeness (QED) is 0.265. The van der Waals surface area contributed by atoms with Crippen molar-refractivity contribution in [1.82, 2.24) is 29.6 Å². The van der Waals surface area contributed by atoms with Gasteiger partial charge in [0.25, 0.3) is 0 Å². The molecule has 234 valence electrons. The van der Waals surface area contributed by atoms with Crippen LogP contribution < -0.4 is 15.0 Å². The number of nitrogens with zero attached hydrogens (tertiary/aromatic N) is 6. The van der Waals surface area contributed by atoms with Crippen molar-refractivity contribution in [1.29, 1.82) is 0 Å². The van der Waals surface area contributed by atoms with E-state index < -0.39 is 5.82 Å². The molecule has 4 aliphatic rings. The van der Waals surface area contributed by atoms with Gasteiger partial charge in [-0.15, -0.1) is 6.42 Å². The standard InChI is InChI=1S/C36H36FN7O2/c1-2-26-29(37)9-6-23-4-3-5-27(31(23)26)28-18-30-32(44-13-12-38-33(28)44)34(43-19-24-7-8-25(20-43)39-24)41-35(40-30)46-22-36(10-11-36)21-42-14-16-45-17-15-42/h1,3-6,9,12-13,18,24-25,39H,7-8,10-11,14-17,19-22H2/t24-,25+. The van der Waals surface area contributed by atoms with Crippen LogP contribution in [0, 0.1) is 23.6 Å². The van der Waals surface area contributed by atoms with Gasteiger partial charge in [-0.2, -0.15) is 9.97 Å². The first-order valence-electron chi connectivity index (χ1n) is 16.4. The minimum Gasteiger partial charge on any atom is -0.463 e. The Morgan fingerprint density at radius 2 is 1.89 bits per heavy atom. The summed E-state index contributed by atoms with van der Waals surface area (Å²) >= 11 is 0. The number of halogens is 1. The Labute approximate surface area is 266 Å². The van der Waals surface area contributed by atoms with Crippen molar-refractivity contribution in [3.8, 4) is 29.5 Å². The third-order valence-electron chi connectivity index (χ3n) is 10.3. The van der Waals surface area contributed by atoms with E-state index >= 15 is 4.39 Å². The van der Waals surface area contributed by atoms with E-state index in [-0.39, 0.29) is 11.0 Å². The van der Waals surface area contributed by atoms with Crippen LogP contribution in [-0.2, 0) is 4.74 Å². The van der Waals surface area contributed by atoms with Gasteiger partial charge in [-0.25, -0.2) is 9.37 Å². The molecule has 9 rings (SSSR count). The topological polar surface area (TPSA) is 80.1 Å². The van der Waals surface area contributed by atoms with Crippen molar-refractivity contribution in [3.05, 3.63) is 60.2 Å². The highest BCUT2D eigenvalue weighted by atomic mass is 19.1. The van der Waals surface area contributed by atoms with Crippen LogP contribution in [0.15, 0.2) is 48.8 Å². The Kier molecular flexibility index (Phi) is 6.63. The number of piperazine rings is 1. The monoisotopic (exact) mass is 617 g/mol. The lowest BCUT2D eigenvalue weighted by Crippen LogP contribution is -2.51. The molecular formula is C36H36FN7O2. The first-order valence-corrected chi connectivity index (χ1v) is 16.4. The van der Waals surface area contributed by atoms with Crippen molar-refractivity contribution in [2.24, 2.45) is 5.41 Å². The number of morpholine rings is 1. The van der Waals surface area contributed by atoms with Crippen LogP contribution in [0.25, 0.3) is 38.6 Å². The highest BCUT2D eigenvalue weighted by Gasteiger charge is 2.45. The van der Waals surface area contributed by atoms with E-state index in [4.69, 9.17) is 30.8 Å². The number of hydrogen-bond acceptors (Lipinski definition) is 8. The second kappa shape index (κ2) is 10.9. The number of pyridine rings is 1. The SMILES string of the molecule is C#Cc1c(F)ccc2cccc(-c3cc4nc(OCC5(CN6CCOCC6)CC5)nc(N5C[C@H]6CC[C@@H](C5)N6)c4n4ccnc34)c12. The maximum atomic E-state index is 15.0. The Balaban J connectivity index is 1.18. The van der Waals surface area contributed by atoms with Gasteiger partial charge in [0.15, 0.2) is 5.82 Å². The molecule has 4 fully saturated rings. The summed E-state index contributed by atoms with van der Waals surface area (Å²) in [6.07, 6.45) is 14.2. The van der Waals surface area contributed by atoms with Crippen LogP contribution >= 0.6 is 0 Å². The number of nitrogens with one attached hydrogen (secondary N) is 1. The minimum atomic E-state index is -0.415. The van der Waals surface area contributed by atoms with E-state index in [0.29, 0.717) is 30.1 Å². The Bertz CT molecular complexity index is 2010. The molecule has 3 aliphatic heterocycles. The molecule has 5 aromatic rings. The number of benzene rings is 2. The lowest BCUT2D eigenvalue weighted by molar-refractivity contribution is 0.0231. The van der Waals surface area contributed by atoms with E-state index in [9.17, 15) is 0 Å². The molecule has 9 nitrogen and oxygen atoms in total. The second-order valence-corrected chi connectivity index (χ2v) is 13.4. The summed E-state index contributed by atoms with van der Waals surface area (Å²) in [5.41, 5.74) is 4.40. The van der Waals surface area contributed by atoms with Crippen molar-refractivity contribution >= 4 is 33.3 Å². The fourth-order valence-electron chi connectivity index (χ4n) is 7.80. The molecule has 1 aliphatic carbocycles. The number of hydrogen-bond donors (Lipinski definition) is 1. The predicted octanol–water partition coefficient (Wildman–Crippen LogP) is 4.65. The van der Waals surface area contributed by atoms with Crippen LogP contribution in [0.1, 0.15) is 31.2 Å². The fourth-order valence-corrected chi connectivity index (χ4v) is 7.80.